The van der Waals surface area contributed by atoms with Crippen LogP contribution in [0.5, 0.6) is 0 Å². The van der Waals surface area contributed by atoms with Gasteiger partial charge in [-0.15, -0.1) is 0 Å². The summed E-state index contributed by atoms with van der Waals surface area (Å²) in [5, 5.41) is 7.05. The van der Waals surface area contributed by atoms with E-state index in [0.29, 0.717) is 0 Å². The van der Waals surface area contributed by atoms with Crippen molar-refractivity contribution in [3.63, 3.8) is 0 Å². The van der Waals surface area contributed by atoms with Crippen LogP contribution in [0.3, 0.4) is 0 Å². The molecule has 0 unspecified atom stereocenters. The highest BCUT2D eigenvalue weighted by molar-refractivity contribution is 7.99. The average molecular weight is 769 g/mol. The SMILES string of the molecule is c1ccc(-n2c3cc4c(cc3c3cc5c6c7oc8ccccc8c7ccc6n(-c6ccccc6)c5cc32)-c2ccccc2C42c3ccccc3Sc3ccccc32)cc1. The molecule has 14 rings (SSSR count). The van der Waals surface area contributed by atoms with E-state index in [-0.39, 0.29) is 0 Å². The number of hydrogen-bond acceptors (Lipinski definition) is 2. The molecule has 0 saturated heterocycles. The molecule has 1 spiro atoms. The summed E-state index contributed by atoms with van der Waals surface area (Å²) in [6.07, 6.45) is 0. The van der Waals surface area contributed by atoms with Crippen LogP contribution in [0.2, 0.25) is 0 Å². The first-order chi connectivity index (χ1) is 29.3. The predicted molar refractivity (Wildman–Crippen MR) is 244 cm³/mol. The molecule has 59 heavy (non-hydrogen) atoms. The molecule has 3 nitrogen and oxygen atoms in total. The standard InChI is InChI=1S/C55H32N2OS/c1-3-15-33(16-4-1)56-46-28-27-37-36-20-8-12-24-50(36)58-54(37)53(46)41-30-40-39-29-38-35-19-7-9-21-42(35)55(43-22-10-13-25-51(43)59-52-26-14-11-23-44(52)55)45(38)31-47(39)57(48(40)32-49(41)56)34-17-5-2-6-18-34/h1-32H. The van der Waals surface area contributed by atoms with Gasteiger partial charge in [-0.1, -0.05) is 127 Å². The Morgan fingerprint density at radius 3 is 1.69 bits per heavy atom. The van der Waals surface area contributed by atoms with Crippen LogP contribution < -0.4 is 0 Å². The van der Waals surface area contributed by atoms with Crippen molar-refractivity contribution in [3.05, 3.63) is 216 Å². The molecule has 0 radical (unpaired) electrons. The van der Waals surface area contributed by atoms with Gasteiger partial charge in [0.15, 0.2) is 0 Å². The molecule has 274 valence electrons. The minimum absolute atomic E-state index is 0.464. The maximum atomic E-state index is 6.80. The number of nitrogens with zero attached hydrogens (tertiary/aromatic N) is 2. The summed E-state index contributed by atoms with van der Waals surface area (Å²) < 4.78 is 11.7. The lowest BCUT2D eigenvalue weighted by Gasteiger charge is -2.39. The van der Waals surface area contributed by atoms with Crippen molar-refractivity contribution in [1.29, 1.82) is 0 Å². The number of fused-ring (bicyclic) bond motifs is 19. The second kappa shape index (κ2) is 11.4. The van der Waals surface area contributed by atoms with Gasteiger partial charge < -0.3 is 13.6 Å². The fraction of sp³-hybridized carbons (Fsp3) is 0.0182. The van der Waals surface area contributed by atoms with Crippen molar-refractivity contribution >= 4 is 77.3 Å². The summed E-state index contributed by atoms with van der Waals surface area (Å²) in [5.41, 5.74) is 16.2. The molecule has 1 aliphatic carbocycles. The van der Waals surface area contributed by atoms with E-state index in [1.807, 2.05) is 11.8 Å². The summed E-state index contributed by atoms with van der Waals surface area (Å²) in [6.45, 7) is 0. The second-order valence-electron chi connectivity index (χ2n) is 16.0. The van der Waals surface area contributed by atoms with Gasteiger partial charge in [0.05, 0.1) is 32.9 Å². The lowest BCUT2D eigenvalue weighted by Crippen LogP contribution is -2.31. The molecule has 0 atom stereocenters. The smallest absolute Gasteiger partial charge is 0.145 e. The Hall–Kier alpha value is -7.27. The van der Waals surface area contributed by atoms with Gasteiger partial charge in [-0.3, -0.25) is 0 Å². The molecule has 0 amide bonds. The fourth-order valence-corrected chi connectivity index (χ4v) is 12.0. The number of benzene rings is 9. The summed E-state index contributed by atoms with van der Waals surface area (Å²) in [7, 11) is 0. The zero-order valence-corrected chi connectivity index (χ0v) is 32.5. The van der Waals surface area contributed by atoms with E-state index in [0.717, 1.165) is 49.7 Å². The summed E-state index contributed by atoms with van der Waals surface area (Å²) >= 11 is 1.89. The zero-order chi connectivity index (χ0) is 38.4. The molecule has 2 aliphatic rings. The van der Waals surface area contributed by atoms with Crippen molar-refractivity contribution in [2.45, 2.75) is 15.2 Å². The first kappa shape index (κ1) is 31.8. The van der Waals surface area contributed by atoms with Crippen molar-refractivity contribution < 1.29 is 4.42 Å². The predicted octanol–water partition coefficient (Wildman–Crippen LogP) is 14.6. The van der Waals surface area contributed by atoms with Gasteiger partial charge >= 0.3 is 0 Å². The molecule has 3 aromatic heterocycles. The highest BCUT2D eigenvalue weighted by atomic mass is 32.2. The molecule has 9 aromatic carbocycles. The Morgan fingerprint density at radius 1 is 0.373 bits per heavy atom. The topological polar surface area (TPSA) is 23.0 Å². The minimum atomic E-state index is -0.464. The number of aromatic nitrogens is 2. The first-order valence-corrected chi connectivity index (χ1v) is 21.1. The van der Waals surface area contributed by atoms with E-state index in [1.54, 1.807) is 0 Å². The Balaban J connectivity index is 1.18. The normalized spacial score (nSPS) is 13.8. The third-order valence-electron chi connectivity index (χ3n) is 13.2. The number of rotatable bonds is 2. The molecular weight excluding hydrogens is 737 g/mol. The maximum absolute atomic E-state index is 6.80. The van der Waals surface area contributed by atoms with Crippen molar-refractivity contribution in [2.75, 3.05) is 0 Å². The summed E-state index contributed by atoms with van der Waals surface area (Å²) in [5.74, 6) is 0. The van der Waals surface area contributed by atoms with Gasteiger partial charge in [-0.2, -0.15) is 0 Å². The van der Waals surface area contributed by atoms with Crippen LogP contribution >= 0.6 is 11.8 Å². The molecule has 0 saturated carbocycles. The van der Waals surface area contributed by atoms with Crippen molar-refractivity contribution in [2.24, 2.45) is 0 Å². The summed E-state index contributed by atoms with van der Waals surface area (Å²) in [6, 6.07) is 71.7. The highest BCUT2D eigenvalue weighted by Gasteiger charge is 2.50. The maximum Gasteiger partial charge on any atom is 0.145 e. The van der Waals surface area contributed by atoms with Crippen LogP contribution in [-0.4, -0.2) is 9.13 Å². The number of furan rings is 1. The van der Waals surface area contributed by atoms with E-state index >= 15 is 0 Å². The van der Waals surface area contributed by atoms with Crippen molar-refractivity contribution in [1.82, 2.24) is 9.13 Å². The van der Waals surface area contributed by atoms with Gasteiger partial charge in [0, 0.05) is 48.1 Å². The number of para-hydroxylation sites is 3. The van der Waals surface area contributed by atoms with Crippen LogP contribution in [0, 0.1) is 0 Å². The lowest BCUT2D eigenvalue weighted by molar-refractivity contribution is 0.673. The van der Waals surface area contributed by atoms with Gasteiger partial charge in [-0.05, 0) is 112 Å². The Labute approximate surface area is 343 Å². The van der Waals surface area contributed by atoms with Gasteiger partial charge in [-0.25, -0.2) is 0 Å². The van der Waals surface area contributed by atoms with Gasteiger partial charge in [0.25, 0.3) is 0 Å². The molecule has 12 aromatic rings. The van der Waals surface area contributed by atoms with Crippen LogP contribution in [0.25, 0.3) is 88.1 Å². The Bertz CT molecular complexity index is 3710. The Kier molecular flexibility index (Phi) is 6.16. The van der Waals surface area contributed by atoms with E-state index in [4.69, 9.17) is 4.42 Å². The van der Waals surface area contributed by atoms with E-state index in [1.165, 1.54) is 70.4 Å². The first-order valence-electron chi connectivity index (χ1n) is 20.3. The van der Waals surface area contributed by atoms with E-state index in [2.05, 4.69) is 203 Å². The third-order valence-corrected chi connectivity index (χ3v) is 14.3. The molecule has 0 fully saturated rings. The van der Waals surface area contributed by atoms with Crippen LogP contribution in [0.1, 0.15) is 22.3 Å². The fourth-order valence-electron chi connectivity index (χ4n) is 10.8. The Morgan fingerprint density at radius 2 is 0.949 bits per heavy atom. The minimum Gasteiger partial charge on any atom is -0.455 e. The second-order valence-corrected chi connectivity index (χ2v) is 17.1. The third kappa shape index (κ3) is 3.99. The van der Waals surface area contributed by atoms with Gasteiger partial charge in [0.1, 0.15) is 11.2 Å². The molecule has 0 bridgehead atoms. The monoisotopic (exact) mass is 768 g/mol. The quantitative estimate of drug-likeness (QED) is 0.175. The van der Waals surface area contributed by atoms with E-state index < -0.39 is 5.41 Å². The molecule has 1 aliphatic heterocycles. The molecule has 4 heteroatoms. The largest absolute Gasteiger partial charge is 0.455 e. The highest BCUT2D eigenvalue weighted by Crippen LogP contribution is 2.63. The number of hydrogen-bond donors (Lipinski definition) is 0. The molecule has 0 N–H and O–H groups in total. The lowest BCUT2D eigenvalue weighted by atomic mass is 9.67. The average Bonchev–Trinajstić information content (AvgIpc) is 4.01. The van der Waals surface area contributed by atoms with Gasteiger partial charge in [0.2, 0.25) is 0 Å². The zero-order valence-electron chi connectivity index (χ0n) is 31.7. The van der Waals surface area contributed by atoms with Crippen LogP contribution in [0.4, 0.5) is 0 Å². The molecular formula is C55H32N2OS. The van der Waals surface area contributed by atoms with Crippen LogP contribution in [0.15, 0.2) is 208 Å². The van der Waals surface area contributed by atoms with E-state index in [9.17, 15) is 0 Å². The summed E-state index contributed by atoms with van der Waals surface area (Å²) in [4.78, 5) is 2.62. The van der Waals surface area contributed by atoms with Crippen molar-refractivity contribution in [3.8, 4) is 22.5 Å². The molecule has 4 heterocycles. The van der Waals surface area contributed by atoms with Crippen LogP contribution in [-0.2, 0) is 5.41 Å².